The number of halogens is 1. The molecule has 0 amide bonds. The third-order valence-corrected chi connectivity index (χ3v) is 3.87. The molecule has 0 saturated heterocycles. The minimum atomic E-state index is 0. The molecule has 3 heteroatoms. The second kappa shape index (κ2) is 5.46. The highest BCUT2D eigenvalue weighted by molar-refractivity contribution is 7.11. The van der Waals surface area contributed by atoms with E-state index in [2.05, 4.69) is 38.3 Å². The smallest absolute Gasteiger partial charge is 0.114 e. The van der Waals surface area contributed by atoms with Gasteiger partial charge >= 0.3 is 0 Å². The van der Waals surface area contributed by atoms with Gasteiger partial charge in [0.25, 0.3) is 0 Å². The van der Waals surface area contributed by atoms with Crippen molar-refractivity contribution in [2.75, 3.05) is 20.1 Å². The molecule has 1 unspecified atom stereocenters. The molecule has 0 fully saturated rings. The largest absolute Gasteiger partial charge is 1.00 e. The topological polar surface area (TPSA) is 0 Å². The highest BCUT2D eigenvalue weighted by atomic mass is 127. The number of hydrogen-bond acceptors (Lipinski definition) is 1. The van der Waals surface area contributed by atoms with E-state index in [4.69, 9.17) is 0 Å². The predicted octanol–water partition coefficient (Wildman–Crippen LogP) is -0.0330. The van der Waals surface area contributed by atoms with Crippen LogP contribution in [0.1, 0.15) is 16.2 Å². The van der Waals surface area contributed by atoms with Crippen LogP contribution in [0.5, 0.6) is 0 Å². The maximum atomic E-state index is 2.36. The van der Waals surface area contributed by atoms with Crippen molar-refractivity contribution in [3.8, 4) is 0 Å². The summed E-state index contributed by atoms with van der Waals surface area (Å²) in [6.45, 7) is 5.86. The summed E-state index contributed by atoms with van der Waals surface area (Å²) >= 11 is 1.94. The van der Waals surface area contributed by atoms with Gasteiger partial charge in [0.05, 0.1) is 25.0 Å². The summed E-state index contributed by atoms with van der Waals surface area (Å²) in [5, 5.41) is 0. The number of thiophene rings is 1. The summed E-state index contributed by atoms with van der Waals surface area (Å²) in [6.07, 6.45) is 5.87. The van der Waals surface area contributed by atoms with Gasteiger partial charge in [-0.2, -0.15) is 0 Å². The number of rotatable bonds is 2. The maximum absolute atomic E-state index is 2.36. The molecule has 1 aliphatic rings. The van der Waals surface area contributed by atoms with Crippen LogP contribution in [0, 0.1) is 6.92 Å². The lowest BCUT2D eigenvalue weighted by Gasteiger charge is -2.34. The third kappa shape index (κ3) is 3.57. The van der Waals surface area contributed by atoms with Crippen LogP contribution < -0.4 is 24.0 Å². The van der Waals surface area contributed by atoms with Crippen LogP contribution in [-0.2, 0) is 6.54 Å². The summed E-state index contributed by atoms with van der Waals surface area (Å²) in [7, 11) is 2.36. The number of likely N-dealkylation sites (N-methyl/N-ethyl adjacent to an activating group) is 1. The standard InChI is InChI=1S/C12H18NS.HI/c1-11-6-7-12(14-11)10-13(2)8-4-3-5-9-13;/h3-4,6-7H,5,8-10H2,1-2H3;1H/q+1;/p-1. The van der Waals surface area contributed by atoms with Gasteiger partial charge in [-0.1, -0.05) is 6.08 Å². The Morgan fingerprint density at radius 3 is 2.67 bits per heavy atom. The molecule has 0 N–H and O–H groups in total. The molecule has 2 heterocycles. The molecule has 1 aromatic heterocycles. The quantitative estimate of drug-likeness (QED) is 0.405. The Kier molecular flexibility index (Phi) is 4.80. The first-order chi connectivity index (χ1) is 6.68. The van der Waals surface area contributed by atoms with E-state index in [0.717, 1.165) is 0 Å². The average molecular weight is 335 g/mol. The molecule has 0 saturated carbocycles. The first-order valence-corrected chi connectivity index (χ1v) is 6.03. The fourth-order valence-electron chi connectivity index (χ4n) is 2.01. The molecule has 1 aliphatic heterocycles. The second-order valence-electron chi connectivity index (χ2n) is 4.46. The Labute approximate surface area is 113 Å². The minimum absolute atomic E-state index is 0. The van der Waals surface area contributed by atoms with E-state index in [-0.39, 0.29) is 24.0 Å². The first kappa shape index (κ1) is 13.2. The van der Waals surface area contributed by atoms with Gasteiger partial charge in [-0.05, 0) is 25.1 Å². The van der Waals surface area contributed by atoms with Crippen molar-refractivity contribution in [2.24, 2.45) is 0 Å². The Morgan fingerprint density at radius 2 is 2.13 bits per heavy atom. The van der Waals surface area contributed by atoms with Gasteiger partial charge in [-0.25, -0.2) is 0 Å². The summed E-state index contributed by atoms with van der Waals surface area (Å²) < 4.78 is 1.18. The lowest BCUT2D eigenvalue weighted by Crippen LogP contribution is -3.00. The molecule has 2 rings (SSSR count). The van der Waals surface area contributed by atoms with Gasteiger partial charge in [-0.3, -0.25) is 0 Å². The molecule has 0 bridgehead atoms. The van der Waals surface area contributed by atoms with Gasteiger partial charge in [0.1, 0.15) is 6.54 Å². The van der Waals surface area contributed by atoms with Crippen molar-refractivity contribution in [3.63, 3.8) is 0 Å². The van der Waals surface area contributed by atoms with Gasteiger partial charge in [0.15, 0.2) is 0 Å². The van der Waals surface area contributed by atoms with Crippen LogP contribution in [0.2, 0.25) is 0 Å². The number of nitrogens with zero attached hydrogens (tertiary/aromatic N) is 1. The maximum Gasteiger partial charge on any atom is 0.114 e. The van der Waals surface area contributed by atoms with E-state index in [1.165, 1.54) is 40.3 Å². The molecule has 0 aliphatic carbocycles. The zero-order valence-electron chi connectivity index (χ0n) is 9.37. The van der Waals surface area contributed by atoms with Crippen LogP contribution in [-0.4, -0.2) is 24.6 Å². The zero-order chi connectivity index (χ0) is 10.0. The average Bonchev–Trinajstić information content (AvgIpc) is 2.51. The summed E-state index contributed by atoms with van der Waals surface area (Å²) in [5.41, 5.74) is 0. The zero-order valence-corrected chi connectivity index (χ0v) is 12.3. The van der Waals surface area contributed by atoms with Crippen LogP contribution in [0.4, 0.5) is 0 Å². The van der Waals surface area contributed by atoms with Gasteiger partial charge in [-0.15, -0.1) is 11.3 Å². The SMILES string of the molecule is Cc1ccc(C[N+]2(C)CC=CCC2)s1.[I-]. The monoisotopic (exact) mass is 335 g/mol. The number of quaternary nitrogens is 1. The summed E-state index contributed by atoms with van der Waals surface area (Å²) in [5.74, 6) is 0. The van der Waals surface area contributed by atoms with E-state index in [9.17, 15) is 0 Å². The van der Waals surface area contributed by atoms with Crippen molar-refractivity contribution < 1.29 is 28.5 Å². The van der Waals surface area contributed by atoms with Crippen LogP contribution in [0.3, 0.4) is 0 Å². The second-order valence-corrected chi connectivity index (χ2v) is 5.83. The molecule has 0 spiro atoms. The molecule has 84 valence electrons. The van der Waals surface area contributed by atoms with Crippen molar-refractivity contribution in [3.05, 3.63) is 34.0 Å². The van der Waals surface area contributed by atoms with E-state index in [1.54, 1.807) is 0 Å². The van der Waals surface area contributed by atoms with Gasteiger partial charge < -0.3 is 28.5 Å². The molecule has 0 radical (unpaired) electrons. The highest BCUT2D eigenvalue weighted by Crippen LogP contribution is 2.22. The van der Waals surface area contributed by atoms with Crippen LogP contribution in [0.15, 0.2) is 24.3 Å². The van der Waals surface area contributed by atoms with E-state index < -0.39 is 0 Å². The molecule has 1 atom stereocenters. The fraction of sp³-hybridized carbons (Fsp3) is 0.500. The van der Waals surface area contributed by atoms with Crippen LogP contribution in [0.25, 0.3) is 0 Å². The summed E-state index contributed by atoms with van der Waals surface area (Å²) in [4.78, 5) is 2.96. The van der Waals surface area contributed by atoms with Crippen molar-refractivity contribution >= 4 is 11.3 Å². The van der Waals surface area contributed by atoms with E-state index in [0.29, 0.717) is 0 Å². The highest BCUT2D eigenvalue weighted by Gasteiger charge is 2.22. The number of aryl methyl sites for hydroxylation is 1. The summed E-state index contributed by atoms with van der Waals surface area (Å²) in [6, 6.07) is 4.51. The molecule has 0 aromatic carbocycles. The first-order valence-electron chi connectivity index (χ1n) is 5.22. The van der Waals surface area contributed by atoms with E-state index >= 15 is 0 Å². The molecule has 15 heavy (non-hydrogen) atoms. The van der Waals surface area contributed by atoms with Gasteiger partial charge in [0, 0.05) is 11.3 Å². The molecule has 1 aromatic rings. The minimum Gasteiger partial charge on any atom is -1.00 e. The Hall–Kier alpha value is 0.130. The fourth-order valence-corrected chi connectivity index (χ4v) is 3.08. The predicted molar refractivity (Wildman–Crippen MR) is 62.4 cm³/mol. The van der Waals surface area contributed by atoms with E-state index in [1.807, 2.05) is 11.3 Å². The van der Waals surface area contributed by atoms with Crippen molar-refractivity contribution in [1.82, 2.24) is 0 Å². The Morgan fingerprint density at radius 1 is 1.33 bits per heavy atom. The van der Waals surface area contributed by atoms with Crippen LogP contribution >= 0.6 is 11.3 Å². The lowest BCUT2D eigenvalue weighted by molar-refractivity contribution is -0.917. The van der Waals surface area contributed by atoms with Crippen molar-refractivity contribution in [1.29, 1.82) is 0 Å². The Balaban J connectivity index is 0.00000112. The Bertz CT molecular complexity index is 345. The number of hydrogen-bond donors (Lipinski definition) is 0. The third-order valence-electron chi connectivity index (χ3n) is 2.88. The molecule has 1 nitrogen and oxygen atoms in total. The van der Waals surface area contributed by atoms with Crippen molar-refractivity contribution in [2.45, 2.75) is 19.9 Å². The lowest BCUT2D eigenvalue weighted by atomic mass is 10.2. The normalized spacial score (nSPS) is 24.9. The molecular weight excluding hydrogens is 317 g/mol. The molecular formula is C12H18INS. The van der Waals surface area contributed by atoms with Gasteiger partial charge in [0.2, 0.25) is 0 Å².